The van der Waals surface area contributed by atoms with Gasteiger partial charge in [0.15, 0.2) is 0 Å². The molecule has 0 amide bonds. The maximum absolute atomic E-state index is 10.4. The van der Waals surface area contributed by atoms with Crippen LogP contribution in [0.25, 0.3) is 0 Å². The Bertz CT molecular complexity index is 639. The molecule has 0 bridgehead atoms. The molecule has 22 heavy (non-hydrogen) atoms. The molecule has 2 N–H and O–H groups in total. The van der Waals surface area contributed by atoms with Gasteiger partial charge in [0, 0.05) is 30.9 Å². The average molecular weight is 301 g/mol. The van der Waals surface area contributed by atoms with Gasteiger partial charge in [-0.1, -0.05) is 12.1 Å². The molecule has 5 heteroatoms. The normalized spacial score (nSPS) is 18.8. The molecule has 0 radical (unpaired) electrons. The molecule has 3 rings (SSSR count). The minimum Gasteiger partial charge on any atom is -0.497 e. The van der Waals surface area contributed by atoms with Crippen molar-refractivity contribution in [1.82, 2.24) is 15.1 Å². The number of methoxy groups -OCH3 is 1. The van der Waals surface area contributed by atoms with Crippen molar-refractivity contribution in [2.75, 3.05) is 13.7 Å². The van der Waals surface area contributed by atoms with Gasteiger partial charge in [-0.25, -0.2) is 0 Å². The van der Waals surface area contributed by atoms with E-state index in [0.29, 0.717) is 6.54 Å². The molecule has 2 unspecified atom stereocenters. The molecule has 1 aliphatic carbocycles. The van der Waals surface area contributed by atoms with Crippen LogP contribution in [0.1, 0.15) is 41.8 Å². The molecule has 1 aromatic carbocycles. The number of ether oxygens (including phenoxy) is 1. The molecule has 1 aromatic heterocycles. The van der Waals surface area contributed by atoms with E-state index in [0.717, 1.165) is 30.6 Å². The number of nitrogens with one attached hydrogen (secondary N) is 1. The summed E-state index contributed by atoms with van der Waals surface area (Å²) in [4.78, 5) is 0. The fraction of sp³-hybridized carbons (Fsp3) is 0.471. The van der Waals surface area contributed by atoms with Crippen LogP contribution in [0.4, 0.5) is 0 Å². The highest BCUT2D eigenvalue weighted by molar-refractivity contribution is 5.30. The first kappa shape index (κ1) is 15.1. The standard InChI is InChI=1S/C17H23N3O2/c1-20-16-8-4-7-15(14(16)10-19-20)18-11-17(21)12-5-3-6-13(9-12)22-2/h3,5-6,9-10,15,17-18,21H,4,7-8,11H2,1-2H3. The van der Waals surface area contributed by atoms with Crippen molar-refractivity contribution in [3.8, 4) is 5.75 Å². The molecule has 0 saturated carbocycles. The van der Waals surface area contributed by atoms with E-state index in [-0.39, 0.29) is 6.04 Å². The molecule has 1 aliphatic rings. The third-order valence-corrected chi connectivity index (χ3v) is 4.41. The lowest BCUT2D eigenvalue weighted by Crippen LogP contribution is -2.29. The molecule has 0 aliphatic heterocycles. The second kappa shape index (κ2) is 6.50. The predicted octanol–water partition coefficient (Wildman–Crippen LogP) is 2.13. The Morgan fingerprint density at radius 3 is 3.18 bits per heavy atom. The van der Waals surface area contributed by atoms with Crippen LogP contribution in [0.15, 0.2) is 30.5 Å². The third kappa shape index (κ3) is 3.00. The number of aliphatic hydroxyl groups excluding tert-OH is 1. The van der Waals surface area contributed by atoms with Crippen LogP contribution in [-0.4, -0.2) is 28.5 Å². The topological polar surface area (TPSA) is 59.3 Å². The van der Waals surface area contributed by atoms with Gasteiger partial charge in [0.25, 0.3) is 0 Å². The van der Waals surface area contributed by atoms with Crippen molar-refractivity contribution in [2.45, 2.75) is 31.4 Å². The molecule has 2 atom stereocenters. The van der Waals surface area contributed by atoms with Crippen LogP contribution < -0.4 is 10.1 Å². The minimum atomic E-state index is -0.544. The third-order valence-electron chi connectivity index (χ3n) is 4.41. The zero-order chi connectivity index (χ0) is 15.5. The number of hydrogen-bond donors (Lipinski definition) is 2. The monoisotopic (exact) mass is 301 g/mol. The first-order valence-corrected chi connectivity index (χ1v) is 7.75. The summed E-state index contributed by atoms with van der Waals surface area (Å²) in [5.74, 6) is 0.767. The first-order chi connectivity index (χ1) is 10.7. The molecular weight excluding hydrogens is 278 g/mol. The van der Waals surface area contributed by atoms with Crippen molar-refractivity contribution < 1.29 is 9.84 Å². The first-order valence-electron chi connectivity index (χ1n) is 7.75. The summed E-state index contributed by atoms with van der Waals surface area (Å²) in [6.07, 6.45) is 4.73. The molecule has 0 fully saturated rings. The highest BCUT2D eigenvalue weighted by atomic mass is 16.5. The van der Waals surface area contributed by atoms with Crippen molar-refractivity contribution in [2.24, 2.45) is 7.05 Å². The largest absolute Gasteiger partial charge is 0.497 e. The van der Waals surface area contributed by atoms with E-state index in [2.05, 4.69) is 10.4 Å². The van der Waals surface area contributed by atoms with Gasteiger partial charge in [-0.15, -0.1) is 0 Å². The summed E-state index contributed by atoms with van der Waals surface area (Å²) < 4.78 is 7.17. The minimum absolute atomic E-state index is 0.276. The zero-order valence-corrected chi connectivity index (χ0v) is 13.1. The Kier molecular flexibility index (Phi) is 4.45. The van der Waals surface area contributed by atoms with Gasteiger partial charge in [-0.2, -0.15) is 5.10 Å². The van der Waals surface area contributed by atoms with E-state index in [1.807, 2.05) is 42.2 Å². The summed E-state index contributed by atoms with van der Waals surface area (Å²) in [5.41, 5.74) is 3.44. The number of rotatable bonds is 5. The van der Waals surface area contributed by atoms with Crippen LogP contribution in [-0.2, 0) is 13.5 Å². The number of aryl methyl sites for hydroxylation is 1. The Morgan fingerprint density at radius 1 is 1.50 bits per heavy atom. The van der Waals surface area contributed by atoms with Crippen molar-refractivity contribution in [3.05, 3.63) is 47.3 Å². The summed E-state index contributed by atoms with van der Waals surface area (Å²) in [5, 5.41) is 18.2. The van der Waals surface area contributed by atoms with Crippen molar-refractivity contribution >= 4 is 0 Å². The number of aliphatic hydroxyl groups is 1. The van der Waals surface area contributed by atoms with E-state index in [1.54, 1.807) is 7.11 Å². The fourth-order valence-corrected chi connectivity index (χ4v) is 3.14. The predicted molar refractivity (Wildman–Crippen MR) is 84.8 cm³/mol. The molecular formula is C17H23N3O2. The van der Waals surface area contributed by atoms with Gasteiger partial charge in [0.1, 0.15) is 5.75 Å². The summed E-state index contributed by atoms with van der Waals surface area (Å²) >= 11 is 0. The Morgan fingerprint density at radius 2 is 2.36 bits per heavy atom. The van der Waals surface area contributed by atoms with Crippen LogP contribution in [0.2, 0.25) is 0 Å². The lowest BCUT2D eigenvalue weighted by atomic mass is 9.92. The highest BCUT2D eigenvalue weighted by Crippen LogP contribution is 2.29. The van der Waals surface area contributed by atoms with Crippen LogP contribution in [0.3, 0.4) is 0 Å². The van der Waals surface area contributed by atoms with Gasteiger partial charge >= 0.3 is 0 Å². The van der Waals surface area contributed by atoms with E-state index in [4.69, 9.17) is 4.74 Å². The summed E-state index contributed by atoms with van der Waals surface area (Å²) in [6, 6.07) is 7.86. The second-order valence-corrected chi connectivity index (χ2v) is 5.82. The maximum atomic E-state index is 10.4. The zero-order valence-electron chi connectivity index (χ0n) is 13.1. The van der Waals surface area contributed by atoms with Gasteiger partial charge in [0.2, 0.25) is 0 Å². The Labute approximate surface area is 130 Å². The molecule has 0 spiro atoms. The van der Waals surface area contributed by atoms with Crippen molar-refractivity contribution in [1.29, 1.82) is 0 Å². The summed E-state index contributed by atoms with van der Waals surface area (Å²) in [6.45, 7) is 0.520. The van der Waals surface area contributed by atoms with Crippen molar-refractivity contribution in [3.63, 3.8) is 0 Å². The van der Waals surface area contributed by atoms with Gasteiger partial charge in [0.05, 0.1) is 19.4 Å². The van der Waals surface area contributed by atoms with Crippen LogP contribution in [0.5, 0.6) is 5.75 Å². The van der Waals surface area contributed by atoms with Crippen LogP contribution >= 0.6 is 0 Å². The Balaban J connectivity index is 1.65. The van der Waals surface area contributed by atoms with E-state index >= 15 is 0 Å². The smallest absolute Gasteiger partial charge is 0.119 e. The van der Waals surface area contributed by atoms with E-state index in [9.17, 15) is 5.11 Å². The van der Waals surface area contributed by atoms with Gasteiger partial charge in [-0.05, 0) is 37.0 Å². The SMILES string of the molecule is COc1cccc(C(O)CNC2CCCc3c2cnn3C)c1. The van der Waals surface area contributed by atoms with Gasteiger partial charge in [-0.3, -0.25) is 4.68 Å². The number of aromatic nitrogens is 2. The summed E-state index contributed by atoms with van der Waals surface area (Å²) in [7, 11) is 3.63. The number of nitrogens with zero attached hydrogens (tertiary/aromatic N) is 2. The lowest BCUT2D eigenvalue weighted by molar-refractivity contribution is 0.167. The molecule has 118 valence electrons. The average Bonchev–Trinajstić information content (AvgIpc) is 2.94. The number of benzene rings is 1. The quantitative estimate of drug-likeness (QED) is 0.888. The number of hydrogen-bond acceptors (Lipinski definition) is 4. The molecule has 0 saturated heterocycles. The second-order valence-electron chi connectivity index (χ2n) is 5.82. The van der Waals surface area contributed by atoms with Gasteiger partial charge < -0.3 is 15.2 Å². The maximum Gasteiger partial charge on any atom is 0.119 e. The molecule has 5 nitrogen and oxygen atoms in total. The highest BCUT2D eigenvalue weighted by Gasteiger charge is 2.23. The Hall–Kier alpha value is -1.85. The molecule has 2 aromatic rings. The fourth-order valence-electron chi connectivity index (χ4n) is 3.14. The van der Waals surface area contributed by atoms with Crippen LogP contribution in [0, 0.1) is 0 Å². The van der Waals surface area contributed by atoms with E-state index in [1.165, 1.54) is 11.3 Å². The lowest BCUT2D eigenvalue weighted by Gasteiger charge is -2.25. The molecule has 1 heterocycles. The van der Waals surface area contributed by atoms with E-state index < -0.39 is 6.10 Å². The number of fused-ring (bicyclic) bond motifs is 1.